The van der Waals surface area contributed by atoms with Crippen LogP contribution in [0, 0.1) is 0 Å². The third kappa shape index (κ3) is 4.64. The Balaban J connectivity index is 1.43. The molecule has 1 aliphatic heterocycles. The van der Waals surface area contributed by atoms with Gasteiger partial charge in [0.05, 0.1) is 29.0 Å². The van der Waals surface area contributed by atoms with Crippen LogP contribution in [0.5, 0.6) is 0 Å². The maximum atomic E-state index is 13.0. The average molecular weight is 500 g/mol. The van der Waals surface area contributed by atoms with Gasteiger partial charge in [0.25, 0.3) is 11.8 Å². The average Bonchev–Trinajstić information content (AvgIpc) is 3.46. The van der Waals surface area contributed by atoms with Crippen molar-refractivity contribution >= 4 is 46.5 Å². The summed E-state index contributed by atoms with van der Waals surface area (Å²) in [4.78, 5) is 39.3. The number of hydrogen-bond acceptors (Lipinski definition) is 7. The predicted molar refractivity (Wildman–Crippen MR) is 116 cm³/mol. The number of carbonyl (C=O) groups excluding carboxylic acids is 2. The van der Waals surface area contributed by atoms with E-state index in [0.717, 1.165) is 24.1 Å². The van der Waals surface area contributed by atoms with E-state index in [1.54, 1.807) is 6.92 Å². The van der Waals surface area contributed by atoms with E-state index in [2.05, 4.69) is 25.6 Å². The fourth-order valence-electron chi connectivity index (χ4n) is 3.25. The third-order valence-corrected chi connectivity index (χ3v) is 6.42. The molecule has 1 aliphatic rings. The van der Waals surface area contributed by atoms with E-state index in [9.17, 15) is 22.8 Å². The van der Waals surface area contributed by atoms with Gasteiger partial charge in [0.1, 0.15) is 21.4 Å². The van der Waals surface area contributed by atoms with Gasteiger partial charge in [-0.05, 0) is 13.0 Å². The molecule has 14 heteroatoms. The molecular formula is C19H17ClF3N7O2S. The predicted octanol–water partition coefficient (Wildman–Crippen LogP) is 3.60. The smallest absolute Gasteiger partial charge is 0.344 e. The Morgan fingerprint density at radius 3 is 2.64 bits per heavy atom. The van der Waals surface area contributed by atoms with E-state index < -0.39 is 28.7 Å². The minimum absolute atomic E-state index is 0.142. The van der Waals surface area contributed by atoms with Crippen molar-refractivity contribution in [1.82, 2.24) is 24.8 Å². The van der Waals surface area contributed by atoms with Gasteiger partial charge in [-0.1, -0.05) is 11.6 Å². The Bertz CT molecular complexity index is 1230. The van der Waals surface area contributed by atoms with Crippen molar-refractivity contribution in [3.63, 3.8) is 0 Å². The molecule has 0 spiro atoms. The van der Waals surface area contributed by atoms with Crippen molar-refractivity contribution < 1.29 is 22.8 Å². The van der Waals surface area contributed by atoms with Crippen LogP contribution in [0.15, 0.2) is 24.7 Å². The van der Waals surface area contributed by atoms with Crippen LogP contribution in [0.2, 0.25) is 5.02 Å². The molecule has 0 aromatic carbocycles. The molecule has 3 aromatic heterocycles. The highest BCUT2D eigenvalue weighted by molar-refractivity contribution is 7.13. The number of thiazole rings is 1. The molecule has 33 heavy (non-hydrogen) atoms. The highest BCUT2D eigenvalue weighted by atomic mass is 35.5. The Hall–Kier alpha value is -3.19. The monoisotopic (exact) mass is 499 g/mol. The molecule has 0 aliphatic carbocycles. The fraction of sp³-hybridized carbons (Fsp3) is 0.316. The number of nitrogens with zero attached hydrogens (tertiary/aromatic N) is 5. The number of fused-ring (bicyclic) bond motifs is 1. The summed E-state index contributed by atoms with van der Waals surface area (Å²) >= 11 is 6.55. The number of alkyl halides is 3. The SMILES string of the molecule is C[C@@H](NC(=O)c1cnc2n1CCN2C)c1ncc(C(=O)Nc2cc(C(F)(F)F)c(Cl)cn2)s1. The van der Waals surface area contributed by atoms with E-state index in [1.165, 1.54) is 12.4 Å². The second-order valence-corrected chi connectivity index (χ2v) is 8.75. The van der Waals surface area contributed by atoms with Gasteiger partial charge >= 0.3 is 6.18 Å². The molecule has 0 fully saturated rings. The molecule has 174 valence electrons. The van der Waals surface area contributed by atoms with Crippen LogP contribution in [0.3, 0.4) is 0 Å². The molecule has 0 unspecified atom stereocenters. The van der Waals surface area contributed by atoms with Gasteiger partial charge in [0, 0.05) is 26.3 Å². The van der Waals surface area contributed by atoms with Crippen molar-refractivity contribution in [2.24, 2.45) is 0 Å². The number of nitrogens with one attached hydrogen (secondary N) is 2. The minimum Gasteiger partial charge on any atom is -0.344 e. The van der Waals surface area contributed by atoms with Gasteiger partial charge in [-0.2, -0.15) is 13.2 Å². The van der Waals surface area contributed by atoms with Gasteiger partial charge < -0.3 is 20.1 Å². The van der Waals surface area contributed by atoms with Crippen LogP contribution in [0.25, 0.3) is 0 Å². The van der Waals surface area contributed by atoms with E-state index in [4.69, 9.17) is 11.6 Å². The summed E-state index contributed by atoms with van der Waals surface area (Å²) in [7, 11) is 1.89. The number of imidazole rings is 1. The summed E-state index contributed by atoms with van der Waals surface area (Å²) in [6.07, 6.45) is -1.08. The molecular weight excluding hydrogens is 483 g/mol. The van der Waals surface area contributed by atoms with Crippen LogP contribution >= 0.6 is 22.9 Å². The number of anilines is 2. The summed E-state index contributed by atoms with van der Waals surface area (Å²) in [5, 5.41) is 5.01. The van der Waals surface area contributed by atoms with Crippen molar-refractivity contribution in [2.45, 2.75) is 25.7 Å². The number of rotatable bonds is 5. The van der Waals surface area contributed by atoms with E-state index in [-0.39, 0.29) is 16.6 Å². The Morgan fingerprint density at radius 1 is 1.15 bits per heavy atom. The molecule has 2 N–H and O–H groups in total. The number of halogens is 4. The number of aromatic nitrogens is 4. The first kappa shape index (κ1) is 23.0. The van der Waals surface area contributed by atoms with Gasteiger partial charge in [0.2, 0.25) is 5.95 Å². The molecule has 2 amide bonds. The lowest BCUT2D eigenvalue weighted by Gasteiger charge is -2.12. The molecule has 4 heterocycles. The lowest BCUT2D eigenvalue weighted by molar-refractivity contribution is -0.137. The van der Waals surface area contributed by atoms with E-state index in [0.29, 0.717) is 29.3 Å². The lowest BCUT2D eigenvalue weighted by atomic mass is 10.2. The Morgan fingerprint density at radius 2 is 1.91 bits per heavy atom. The molecule has 0 bridgehead atoms. The van der Waals surface area contributed by atoms with Crippen LogP contribution in [0.1, 0.15) is 43.7 Å². The van der Waals surface area contributed by atoms with Crippen molar-refractivity contribution in [1.29, 1.82) is 0 Å². The van der Waals surface area contributed by atoms with Crippen LogP contribution < -0.4 is 15.5 Å². The zero-order chi connectivity index (χ0) is 23.9. The van der Waals surface area contributed by atoms with E-state index in [1.807, 2.05) is 16.5 Å². The number of hydrogen-bond donors (Lipinski definition) is 2. The van der Waals surface area contributed by atoms with Gasteiger partial charge in [-0.25, -0.2) is 15.0 Å². The molecule has 0 radical (unpaired) electrons. The largest absolute Gasteiger partial charge is 0.418 e. The maximum absolute atomic E-state index is 13.0. The number of likely N-dealkylation sites (N-methyl/N-ethyl adjacent to an activating group) is 1. The standard InChI is InChI=1S/C19H17ClF3N7O2S/c1-9(27-15(31)12-7-26-18-29(2)3-4-30(12)18)17-25-8-13(33-17)16(32)28-14-5-10(19(21,22)23)11(20)6-24-14/h5-9H,3-4H2,1-2H3,(H,27,31)(H,24,28,32)/t9-/m1/s1. The highest BCUT2D eigenvalue weighted by Gasteiger charge is 2.34. The third-order valence-electron chi connectivity index (χ3n) is 4.94. The Labute approximate surface area is 194 Å². The Kier molecular flexibility index (Phi) is 6.01. The molecule has 9 nitrogen and oxygen atoms in total. The maximum Gasteiger partial charge on any atom is 0.418 e. The first-order chi connectivity index (χ1) is 15.5. The van der Waals surface area contributed by atoms with E-state index >= 15 is 0 Å². The van der Waals surface area contributed by atoms with Crippen LogP contribution in [0.4, 0.5) is 24.9 Å². The molecule has 1 atom stereocenters. The van der Waals surface area contributed by atoms with Crippen LogP contribution in [-0.4, -0.2) is 44.9 Å². The summed E-state index contributed by atoms with van der Waals surface area (Å²) in [6.45, 7) is 3.12. The summed E-state index contributed by atoms with van der Waals surface area (Å²) in [5.41, 5.74) is -0.682. The summed E-state index contributed by atoms with van der Waals surface area (Å²) in [5.74, 6) is -0.599. The van der Waals surface area contributed by atoms with Gasteiger partial charge in [-0.15, -0.1) is 11.3 Å². The molecule has 4 rings (SSSR count). The number of amides is 2. The number of pyridine rings is 1. The summed E-state index contributed by atoms with van der Waals surface area (Å²) in [6, 6.07) is 0.145. The quantitative estimate of drug-likeness (QED) is 0.556. The molecule has 0 saturated carbocycles. The second-order valence-electron chi connectivity index (χ2n) is 7.28. The van der Waals surface area contributed by atoms with Gasteiger partial charge in [-0.3, -0.25) is 9.59 Å². The van der Waals surface area contributed by atoms with Crippen LogP contribution in [-0.2, 0) is 12.7 Å². The second kappa shape index (κ2) is 8.63. The van der Waals surface area contributed by atoms with Gasteiger partial charge in [0.15, 0.2) is 0 Å². The first-order valence-electron chi connectivity index (χ1n) is 9.62. The lowest BCUT2D eigenvalue weighted by Crippen LogP contribution is -2.28. The topological polar surface area (TPSA) is 105 Å². The minimum atomic E-state index is -4.68. The van der Waals surface area contributed by atoms with Crippen molar-refractivity contribution in [3.8, 4) is 0 Å². The normalized spacial score (nSPS) is 14.2. The molecule has 0 saturated heterocycles. The fourth-order valence-corrected chi connectivity index (χ4v) is 4.28. The zero-order valence-electron chi connectivity index (χ0n) is 17.3. The number of carbonyl (C=O) groups is 2. The summed E-state index contributed by atoms with van der Waals surface area (Å²) < 4.78 is 40.8. The zero-order valence-corrected chi connectivity index (χ0v) is 18.8. The first-order valence-corrected chi connectivity index (χ1v) is 10.8. The molecule has 3 aromatic rings. The highest BCUT2D eigenvalue weighted by Crippen LogP contribution is 2.35. The van der Waals surface area contributed by atoms with Crippen molar-refractivity contribution in [2.75, 3.05) is 23.8 Å². The van der Waals surface area contributed by atoms with Crippen molar-refractivity contribution in [3.05, 3.63) is 50.8 Å².